The van der Waals surface area contributed by atoms with Crippen LogP contribution in [0.15, 0.2) is 24.3 Å². The van der Waals surface area contributed by atoms with Crippen LogP contribution in [0.25, 0.3) is 0 Å². The van der Waals surface area contributed by atoms with Crippen LogP contribution in [0.2, 0.25) is 16.0 Å². The van der Waals surface area contributed by atoms with Crippen molar-refractivity contribution in [2.24, 2.45) is 0 Å². The molecule has 1 radical (unpaired) electrons. The first-order chi connectivity index (χ1) is 9.29. The average Bonchev–Trinajstić information content (AvgIpc) is 2.48. The molecular weight excluding hydrogens is 429 g/mol. The van der Waals surface area contributed by atoms with Crippen LogP contribution in [0.5, 0.6) is 0 Å². The zero-order valence-corrected chi connectivity index (χ0v) is 17.1. The molecule has 1 aromatic rings. The van der Waals surface area contributed by atoms with Gasteiger partial charge in [-0.1, -0.05) is 0 Å². The summed E-state index contributed by atoms with van der Waals surface area (Å²) < 4.78 is 0. The first-order valence-corrected chi connectivity index (χ1v) is 11.1. The Morgan fingerprint density at radius 1 is 0.789 bits per heavy atom. The Labute approximate surface area is 143 Å². The van der Waals surface area contributed by atoms with Gasteiger partial charge in [0.1, 0.15) is 0 Å². The Morgan fingerprint density at radius 3 is 1.58 bits per heavy atom. The van der Waals surface area contributed by atoms with Crippen molar-refractivity contribution in [2.45, 2.75) is 59.9 Å². The molecule has 3 heteroatoms. The molecule has 0 bridgehead atoms. The Kier molecular flexibility index (Phi) is 9.85. The van der Waals surface area contributed by atoms with Crippen molar-refractivity contribution in [2.75, 3.05) is 0 Å². The quantitative estimate of drug-likeness (QED) is 0.477. The van der Waals surface area contributed by atoms with Gasteiger partial charge in [-0.3, -0.25) is 0 Å². The van der Waals surface area contributed by atoms with Crippen molar-refractivity contribution in [1.29, 1.82) is 0 Å². The molecule has 0 aliphatic heterocycles. The molecule has 0 nitrogen and oxygen atoms in total. The van der Waals surface area contributed by atoms with E-state index in [0.717, 1.165) is 0 Å². The Bertz CT molecular complexity index is 302. The van der Waals surface area contributed by atoms with E-state index >= 15 is 0 Å². The fourth-order valence-corrected chi connectivity index (χ4v) is 3.80. The average molecular weight is 454 g/mol. The van der Waals surface area contributed by atoms with Gasteiger partial charge in [-0.15, -0.1) is 0 Å². The number of hydrogen-bond acceptors (Lipinski definition) is 0. The summed E-state index contributed by atoms with van der Waals surface area (Å²) in [6, 6.07) is 11.9. The third kappa shape index (κ3) is 5.96. The molecule has 0 amide bonds. The van der Waals surface area contributed by atoms with Crippen LogP contribution in [0.4, 0.5) is 0 Å². The fraction of sp³-hybridized carbons (Fsp3) is 0.625. The molecule has 0 spiro atoms. The molecule has 107 valence electrons. The molecule has 0 aromatic heterocycles. The van der Waals surface area contributed by atoms with E-state index in [-0.39, 0.29) is 0 Å². The Hall–Kier alpha value is 0.778. The molecule has 0 heterocycles. The van der Waals surface area contributed by atoms with Crippen LogP contribution in [0, 0.1) is 6.07 Å². The summed E-state index contributed by atoms with van der Waals surface area (Å²) in [4.78, 5) is 0. The zero-order valence-electron chi connectivity index (χ0n) is 11.5. The van der Waals surface area contributed by atoms with Crippen LogP contribution in [-0.4, -0.2) is 48.0 Å². The molecule has 0 aliphatic carbocycles. The predicted molar refractivity (Wildman–Crippen MR) is 90.5 cm³/mol. The number of rotatable bonds is 10. The summed E-state index contributed by atoms with van der Waals surface area (Å²) in [6.45, 7) is 0. The first-order valence-electron chi connectivity index (χ1n) is 7.08. The van der Waals surface area contributed by atoms with E-state index in [0.29, 0.717) is 5.41 Å². The maximum absolute atomic E-state index is 3.16. The monoisotopic (exact) mass is 457 g/mol. The molecule has 1 aromatic carbocycles. The van der Waals surface area contributed by atoms with Gasteiger partial charge in [0.15, 0.2) is 0 Å². The van der Waals surface area contributed by atoms with Crippen molar-refractivity contribution in [3.8, 4) is 0 Å². The Morgan fingerprint density at radius 2 is 1.21 bits per heavy atom. The van der Waals surface area contributed by atoms with Crippen LogP contribution in [0.1, 0.15) is 44.1 Å². The van der Waals surface area contributed by atoms with Crippen LogP contribution < -0.4 is 0 Å². The summed E-state index contributed by atoms with van der Waals surface area (Å²) >= 11 is 8.20. The van der Waals surface area contributed by atoms with E-state index < -0.39 is 0 Å². The summed E-state index contributed by atoms with van der Waals surface area (Å²) in [7, 11) is 0. The van der Waals surface area contributed by atoms with Crippen molar-refractivity contribution in [3.05, 3.63) is 35.9 Å². The molecule has 0 saturated heterocycles. The first kappa shape index (κ1) is 17.8. The second-order valence-electron chi connectivity index (χ2n) is 5.05. The number of hydrogen-bond donors (Lipinski definition) is 0. The van der Waals surface area contributed by atoms with Gasteiger partial charge in [0.25, 0.3) is 0 Å². The maximum atomic E-state index is 3.16. The molecule has 0 aliphatic rings. The van der Waals surface area contributed by atoms with Crippen LogP contribution >= 0.6 is 0 Å². The summed E-state index contributed by atoms with van der Waals surface area (Å²) in [6.07, 6.45) is 7.92. The van der Waals surface area contributed by atoms with Crippen LogP contribution in [-0.2, 0) is 5.41 Å². The van der Waals surface area contributed by atoms with Crippen molar-refractivity contribution in [3.63, 3.8) is 0 Å². The molecule has 0 atom stereocenters. The second-order valence-corrected chi connectivity index (χ2v) is 7.87. The standard InChI is InChI=1S/C16H25Se3/c17-12-4-9-16(10-5-13-18,11-6-14-19)15-7-2-1-3-8-15/h2-3,7-8,17-19H,4-6,9-14H2. The van der Waals surface area contributed by atoms with E-state index in [1.54, 1.807) is 0 Å². The van der Waals surface area contributed by atoms with E-state index in [4.69, 9.17) is 0 Å². The molecule has 0 unspecified atom stereocenters. The van der Waals surface area contributed by atoms with Gasteiger partial charge in [0.2, 0.25) is 0 Å². The van der Waals surface area contributed by atoms with Gasteiger partial charge in [-0.05, 0) is 0 Å². The fourth-order valence-electron chi connectivity index (χ4n) is 2.80. The normalized spacial score (nSPS) is 11.7. The second kappa shape index (κ2) is 10.5. The zero-order chi connectivity index (χ0) is 14.0. The minimum atomic E-state index is 0.398. The molecule has 19 heavy (non-hydrogen) atoms. The van der Waals surface area contributed by atoms with Gasteiger partial charge < -0.3 is 0 Å². The number of benzene rings is 1. The molecule has 1 rings (SSSR count). The van der Waals surface area contributed by atoms with Crippen molar-refractivity contribution < 1.29 is 0 Å². The Balaban J connectivity index is 2.94. The van der Waals surface area contributed by atoms with Crippen LogP contribution in [0.3, 0.4) is 0 Å². The predicted octanol–water partition coefficient (Wildman–Crippen LogP) is 3.02. The van der Waals surface area contributed by atoms with Gasteiger partial charge in [-0.2, -0.15) is 0 Å². The van der Waals surface area contributed by atoms with Crippen molar-refractivity contribution >= 4 is 48.0 Å². The summed E-state index contributed by atoms with van der Waals surface area (Å²) in [5.74, 6) is 0. The van der Waals surface area contributed by atoms with Gasteiger partial charge in [0, 0.05) is 0 Å². The van der Waals surface area contributed by atoms with Gasteiger partial charge in [0.05, 0.1) is 0 Å². The topological polar surface area (TPSA) is 0 Å². The third-order valence-corrected chi connectivity index (χ3v) is 5.76. The van der Waals surface area contributed by atoms with Crippen molar-refractivity contribution in [1.82, 2.24) is 0 Å². The summed E-state index contributed by atoms with van der Waals surface area (Å²) in [5.41, 5.74) is 1.93. The molecule has 0 saturated carbocycles. The van der Waals surface area contributed by atoms with Gasteiger partial charge >= 0.3 is 144 Å². The molecular formula is C16H25Se3. The SMILES string of the molecule is [SeH]CCCC(CCC[SeH])(CCC[SeH])c1cc[c]cc1. The summed E-state index contributed by atoms with van der Waals surface area (Å²) in [5, 5.41) is 3.70. The van der Waals surface area contributed by atoms with E-state index in [1.807, 2.05) is 0 Å². The van der Waals surface area contributed by atoms with E-state index in [2.05, 4.69) is 78.4 Å². The molecule has 0 N–H and O–H groups in total. The van der Waals surface area contributed by atoms with E-state index in [1.165, 1.54) is 60.0 Å². The molecule has 0 fully saturated rings. The minimum absolute atomic E-state index is 0.398. The van der Waals surface area contributed by atoms with Gasteiger partial charge in [-0.25, -0.2) is 0 Å². The van der Waals surface area contributed by atoms with E-state index in [9.17, 15) is 0 Å². The third-order valence-electron chi connectivity index (χ3n) is 3.77.